The van der Waals surface area contributed by atoms with Gasteiger partial charge in [0.05, 0.1) is 30.2 Å². The van der Waals surface area contributed by atoms with Gasteiger partial charge in [0.1, 0.15) is 0 Å². The third-order valence-electron chi connectivity index (χ3n) is 16.3. The monoisotopic (exact) mass is 1450 g/mol. The van der Waals surface area contributed by atoms with Crippen LogP contribution in [-0.4, -0.2) is 255 Å². The van der Waals surface area contributed by atoms with E-state index < -0.39 is 95.2 Å². The molecule has 0 aliphatic rings. The van der Waals surface area contributed by atoms with E-state index in [4.69, 9.17) is 57.3 Å². The van der Waals surface area contributed by atoms with E-state index in [9.17, 15) is 57.5 Å². The summed E-state index contributed by atoms with van der Waals surface area (Å²) < 4.78 is 0. The third-order valence-corrected chi connectivity index (χ3v) is 16.3. The van der Waals surface area contributed by atoms with Gasteiger partial charge in [0.2, 0.25) is 70.9 Å². The fourth-order valence-corrected chi connectivity index (χ4v) is 10.6. The van der Waals surface area contributed by atoms with Crippen LogP contribution in [0.15, 0.2) is 101 Å². The van der Waals surface area contributed by atoms with E-state index in [1.807, 2.05) is 78.9 Å². The first-order valence-corrected chi connectivity index (χ1v) is 34.9. The molecule has 3 aromatic carbocycles. The molecule has 5 atom stereocenters. The maximum atomic E-state index is 14.1. The quantitative estimate of drug-likeness (QED) is 0.0142. The Labute approximate surface area is 607 Å². The summed E-state index contributed by atoms with van der Waals surface area (Å²) in [6, 6.07) is 22.3. The van der Waals surface area contributed by atoms with Crippen molar-refractivity contribution in [3.05, 3.63) is 108 Å². The van der Waals surface area contributed by atoms with Crippen molar-refractivity contribution in [2.24, 2.45) is 67.3 Å². The SMILES string of the molecule is CC(=O)NCCN(CCC(=O)NCCN(CCC(=O)NCCN(CCC(=O)NCCN(CCC(=O)NCCN(CCC(=O)NCCC(N)=O)C(=O)[C@@H](N)Cc1ccccc1)C(=O)[C@@H](N)CCCN=C(N)N)C(=O)[C@@H](N)Cc1ccccc1)C(=O)[C@@H](N)CCCN=C(N)N)C(=O)[C@@H](N)Cc1ccccc1. The van der Waals surface area contributed by atoms with Crippen molar-refractivity contribution >= 4 is 82.8 Å². The highest BCUT2D eigenvalue weighted by Gasteiger charge is 2.28. The minimum atomic E-state index is -1.05. The number of hydrogen-bond donors (Lipinski definition) is 16. The first-order valence-electron chi connectivity index (χ1n) is 34.9. The van der Waals surface area contributed by atoms with Crippen molar-refractivity contribution in [1.29, 1.82) is 0 Å². The van der Waals surface area contributed by atoms with Crippen molar-refractivity contribution in [2.45, 2.75) is 121 Å². The number of carbonyl (C=O) groups is 12. The Bertz CT molecular complexity index is 3240. The molecule has 0 heterocycles. The summed E-state index contributed by atoms with van der Waals surface area (Å²) in [7, 11) is 0. The smallest absolute Gasteiger partial charge is 0.239 e. The largest absolute Gasteiger partial charge is 0.370 e. The molecule has 0 aliphatic carbocycles. The highest BCUT2D eigenvalue weighted by Crippen LogP contribution is 2.11. The van der Waals surface area contributed by atoms with Gasteiger partial charge in [-0.15, -0.1) is 0 Å². The molecule has 12 amide bonds. The van der Waals surface area contributed by atoms with Gasteiger partial charge in [0, 0.05) is 163 Å². The summed E-state index contributed by atoms with van der Waals surface area (Å²) in [6.45, 7) is 0.854. The van der Waals surface area contributed by atoms with Crippen LogP contribution in [0.25, 0.3) is 0 Å². The molecule has 3 aromatic rings. The Balaban J connectivity index is 1.70. The van der Waals surface area contributed by atoms with Crippen LogP contribution < -0.4 is 89.2 Å². The molecule has 0 saturated heterocycles. The van der Waals surface area contributed by atoms with E-state index >= 15 is 0 Å². The van der Waals surface area contributed by atoms with Crippen molar-refractivity contribution < 1.29 is 57.5 Å². The number of nitrogens with two attached hydrogens (primary N) is 10. The number of guanidine groups is 2. The Morgan fingerprint density at radius 1 is 0.327 bits per heavy atom. The number of benzene rings is 3. The molecule has 0 aromatic heterocycles. The molecular formula is C69H111N23O12. The predicted octanol–water partition coefficient (Wildman–Crippen LogP) is -5.86. The number of hydrogen-bond acceptors (Lipinski definition) is 19. The number of nitrogens with one attached hydrogen (secondary N) is 6. The molecule has 0 spiro atoms. The lowest BCUT2D eigenvalue weighted by Crippen LogP contribution is -2.50. The van der Waals surface area contributed by atoms with Crippen molar-refractivity contribution in [1.82, 2.24) is 56.4 Å². The van der Waals surface area contributed by atoms with Crippen LogP contribution in [0.3, 0.4) is 0 Å². The predicted molar refractivity (Wildman–Crippen MR) is 394 cm³/mol. The van der Waals surface area contributed by atoms with Crippen LogP contribution in [0, 0.1) is 0 Å². The van der Waals surface area contributed by atoms with Crippen LogP contribution in [0.2, 0.25) is 0 Å². The van der Waals surface area contributed by atoms with Gasteiger partial charge in [-0.25, -0.2) is 0 Å². The Morgan fingerprint density at radius 2 is 0.567 bits per heavy atom. The van der Waals surface area contributed by atoms with Gasteiger partial charge in [0.25, 0.3) is 0 Å². The average molecular weight is 1450 g/mol. The first-order chi connectivity index (χ1) is 49.6. The molecule has 104 heavy (non-hydrogen) atoms. The molecule has 0 bridgehead atoms. The summed E-state index contributed by atoms with van der Waals surface area (Å²) in [4.78, 5) is 173. The van der Waals surface area contributed by atoms with Crippen LogP contribution in [-0.2, 0) is 76.8 Å². The standard InChI is InChI=1S/C69H111N23O12/c1-48(93)80-30-40-90(65(102)54(72)45-49-13-5-2-6-14-49)38-25-61(98)82-31-41-88(63(100)52(70)19-11-27-86-68(76)77)36-24-60(97)85-34-44-92(67(104)56(74)47-51-17-9-4-10-18-51)39-26-62(99)83-32-42-89(64(101)53(71)20-12-28-87-69(78)79)35-23-59(96)84-33-43-91(37-22-58(95)81-29-21-57(75)94)66(103)55(73)46-50-15-7-3-8-16-50/h2-10,13-18,52-56H,11-12,19-47,70-74H2,1H3,(H2,75,94)(H,80,93)(H,81,95)(H,82,98)(H,83,99)(H,84,96)(H,85,97)(H4,76,77,86)(H4,78,79,87)/t52-,53-,54-,55-,56-/m0/s1. The minimum Gasteiger partial charge on any atom is -0.370 e. The number of carbonyl (C=O) groups excluding carboxylic acids is 12. The lowest BCUT2D eigenvalue weighted by atomic mass is 10.1. The summed E-state index contributed by atoms with van der Waals surface area (Å²) in [6.07, 6.45) is 0.618. The van der Waals surface area contributed by atoms with Gasteiger partial charge >= 0.3 is 0 Å². The van der Waals surface area contributed by atoms with Crippen molar-refractivity contribution in [3.63, 3.8) is 0 Å². The van der Waals surface area contributed by atoms with E-state index in [1.54, 1.807) is 12.1 Å². The molecule has 0 saturated carbocycles. The number of aliphatic imine (C=N–C) groups is 2. The number of nitrogens with zero attached hydrogens (tertiary/aromatic N) is 7. The van der Waals surface area contributed by atoms with Gasteiger partial charge in [-0.2, -0.15) is 0 Å². The topological polar surface area (TPSA) is 578 Å². The molecule has 35 nitrogen and oxygen atoms in total. The summed E-state index contributed by atoms with van der Waals surface area (Å²) in [5.41, 5.74) is 61.4. The van der Waals surface area contributed by atoms with Gasteiger partial charge in [-0.1, -0.05) is 91.0 Å². The fraction of sp³-hybridized carbons (Fsp3) is 0.536. The normalized spacial score (nSPS) is 12.2. The second kappa shape index (κ2) is 50.1. The second-order valence-corrected chi connectivity index (χ2v) is 24.8. The zero-order valence-electron chi connectivity index (χ0n) is 59.8. The first kappa shape index (κ1) is 87.9. The highest BCUT2D eigenvalue weighted by molar-refractivity contribution is 5.87. The van der Waals surface area contributed by atoms with Gasteiger partial charge in [0.15, 0.2) is 11.9 Å². The second-order valence-electron chi connectivity index (χ2n) is 24.8. The number of primary amides is 1. The maximum Gasteiger partial charge on any atom is 0.239 e. The molecule has 0 aliphatic heterocycles. The zero-order valence-corrected chi connectivity index (χ0v) is 59.8. The Morgan fingerprint density at radius 3 is 0.808 bits per heavy atom. The van der Waals surface area contributed by atoms with Crippen LogP contribution in [0.5, 0.6) is 0 Å². The van der Waals surface area contributed by atoms with E-state index in [2.05, 4.69) is 41.9 Å². The van der Waals surface area contributed by atoms with Crippen LogP contribution in [0.4, 0.5) is 0 Å². The lowest BCUT2D eigenvalue weighted by Gasteiger charge is -2.27. The summed E-state index contributed by atoms with van der Waals surface area (Å²) >= 11 is 0. The molecule has 3 rings (SSSR count). The zero-order chi connectivity index (χ0) is 76.8. The molecular weight excluding hydrogens is 1340 g/mol. The molecule has 35 heteroatoms. The van der Waals surface area contributed by atoms with E-state index in [-0.39, 0.29) is 206 Å². The lowest BCUT2D eigenvalue weighted by molar-refractivity contribution is -0.135. The molecule has 0 radical (unpaired) electrons. The van der Waals surface area contributed by atoms with Crippen LogP contribution in [0.1, 0.15) is 87.8 Å². The number of amides is 12. The number of rotatable bonds is 52. The molecule has 26 N–H and O–H groups in total. The third kappa shape index (κ3) is 38.1. The van der Waals surface area contributed by atoms with Crippen LogP contribution >= 0.6 is 0 Å². The summed E-state index contributed by atoms with van der Waals surface area (Å²) in [5, 5.41) is 16.3. The van der Waals surface area contributed by atoms with Gasteiger partial charge in [-0.3, -0.25) is 67.5 Å². The van der Waals surface area contributed by atoms with Gasteiger partial charge in [-0.05, 0) is 61.6 Å². The molecule has 0 unspecified atom stereocenters. The minimum absolute atomic E-state index is 0.0161. The van der Waals surface area contributed by atoms with Crippen molar-refractivity contribution in [2.75, 3.05) is 118 Å². The summed E-state index contributed by atoms with van der Waals surface area (Å²) in [5.74, 6) is -6.04. The average Bonchev–Trinajstić information content (AvgIpc) is 0.895. The van der Waals surface area contributed by atoms with E-state index in [0.717, 1.165) is 16.7 Å². The molecule has 574 valence electrons. The van der Waals surface area contributed by atoms with Crippen molar-refractivity contribution in [3.8, 4) is 0 Å². The Kier molecular flexibility index (Phi) is 42.3. The maximum absolute atomic E-state index is 14.1. The van der Waals surface area contributed by atoms with Gasteiger partial charge < -0.3 is 114 Å². The highest BCUT2D eigenvalue weighted by atomic mass is 16.2. The fourth-order valence-electron chi connectivity index (χ4n) is 10.6. The Hall–Kier alpha value is -10.4. The van der Waals surface area contributed by atoms with E-state index in [0.29, 0.717) is 12.8 Å². The van der Waals surface area contributed by atoms with E-state index in [1.165, 1.54) is 31.4 Å². The molecule has 0 fully saturated rings.